The predicted octanol–water partition coefficient (Wildman–Crippen LogP) is 3.41. The number of carbonyl (C=O) groups is 2. The monoisotopic (exact) mass is 309 g/mol. The fourth-order valence-electron chi connectivity index (χ4n) is 2.75. The van der Waals surface area contributed by atoms with E-state index in [0.717, 1.165) is 16.7 Å². The Kier molecular flexibility index (Phi) is 3.68. The third-order valence-corrected chi connectivity index (χ3v) is 4.12. The summed E-state index contributed by atoms with van der Waals surface area (Å²) >= 11 is 0. The molecule has 0 aliphatic carbocycles. The van der Waals surface area contributed by atoms with Crippen LogP contribution in [0.3, 0.4) is 0 Å². The molecular weight excluding hydrogens is 290 g/mol. The molecule has 1 aliphatic rings. The van der Waals surface area contributed by atoms with E-state index < -0.39 is 11.6 Å². The number of fused-ring (bicyclic) bond motifs is 1. The van der Waals surface area contributed by atoms with Crippen LogP contribution in [0.25, 0.3) is 0 Å². The lowest BCUT2D eigenvalue weighted by molar-refractivity contribution is -0.134. The van der Waals surface area contributed by atoms with Crippen LogP contribution < -0.4 is 5.32 Å². The first kappa shape index (κ1) is 15.3. The number of rotatable bonds is 2. The normalized spacial score (nSPS) is 19.7. The van der Waals surface area contributed by atoms with Crippen LogP contribution in [0.1, 0.15) is 34.0 Å². The molecule has 2 aromatic carbocycles. The first-order chi connectivity index (χ1) is 10.9. The highest BCUT2D eigenvalue weighted by atomic mass is 16.6. The van der Waals surface area contributed by atoms with Gasteiger partial charge >= 0.3 is 5.97 Å². The molecule has 118 valence electrons. The third kappa shape index (κ3) is 2.97. The fraction of sp³-hybridized carbons (Fsp3) is 0.263. The van der Waals surface area contributed by atoms with E-state index >= 15 is 0 Å². The van der Waals surface area contributed by atoms with Gasteiger partial charge in [0.05, 0.1) is 5.56 Å². The molecule has 1 unspecified atom stereocenters. The van der Waals surface area contributed by atoms with Gasteiger partial charge < -0.3 is 10.1 Å². The molecule has 0 fully saturated rings. The molecule has 1 aliphatic heterocycles. The van der Waals surface area contributed by atoms with Gasteiger partial charge in [-0.25, -0.2) is 4.79 Å². The SMILES string of the molecule is Cc1ccc(NC(=O)C2(C)Cc3cc(C)ccc3C(=O)O2)cc1. The van der Waals surface area contributed by atoms with Crippen LogP contribution >= 0.6 is 0 Å². The van der Waals surface area contributed by atoms with Crippen LogP contribution in [0.2, 0.25) is 0 Å². The first-order valence-corrected chi connectivity index (χ1v) is 7.58. The molecule has 1 N–H and O–H groups in total. The number of aryl methyl sites for hydroxylation is 2. The number of ether oxygens (including phenoxy) is 1. The van der Waals surface area contributed by atoms with E-state index in [1.54, 1.807) is 13.0 Å². The molecule has 4 nitrogen and oxygen atoms in total. The van der Waals surface area contributed by atoms with Crippen LogP contribution in [-0.2, 0) is 16.0 Å². The Morgan fingerprint density at radius 3 is 2.43 bits per heavy atom. The van der Waals surface area contributed by atoms with Gasteiger partial charge in [0.2, 0.25) is 0 Å². The maximum absolute atomic E-state index is 12.6. The van der Waals surface area contributed by atoms with Gasteiger partial charge in [-0.15, -0.1) is 0 Å². The average molecular weight is 309 g/mol. The van der Waals surface area contributed by atoms with Gasteiger partial charge in [0.25, 0.3) is 5.91 Å². The van der Waals surface area contributed by atoms with E-state index in [1.807, 2.05) is 50.2 Å². The topological polar surface area (TPSA) is 55.4 Å². The summed E-state index contributed by atoms with van der Waals surface area (Å²) in [4.78, 5) is 24.8. The largest absolute Gasteiger partial charge is 0.445 e. The maximum atomic E-state index is 12.6. The van der Waals surface area contributed by atoms with Gasteiger partial charge in [-0.1, -0.05) is 35.4 Å². The summed E-state index contributed by atoms with van der Waals surface area (Å²) in [7, 11) is 0. The zero-order chi connectivity index (χ0) is 16.6. The Labute approximate surface area is 135 Å². The number of carbonyl (C=O) groups excluding carboxylic acids is 2. The molecule has 4 heteroatoms. The van der Waals surface area contributed by atoms with E-state index in [-0.39, 0.29) is 5.91 Å². The van der Waals surface area contributed by atoms with Crippen LogP contribution in [0.4, 0.5) is 5.69 Å². The number of hydrogen-bond donors (Lipinski definition) is 1. The highest BCUT2D eigenvalue weighted by Crippen LogP contribution is 2.30. The van der Waals surface area contributed by atoms with E-state index in [4.69, 9.17) is 4.74 Å². The molecule has 0 aromatic heterocycles. The second-order valence-electron chi connectivity index (χ2n) is 6.28. The molecule has 3 rings (SSSR count). The minimum absolute atomic E-state index is 0.318. The van der Waals surface area contributed by atoms with Crippen molar-refractivity contribution < 1.29 is 14.3 Å². The molecule has 0 saturated heterocycles. The Morgan fingerprint density at radius 1 is 1.09 bits per heavy atom. The molecule has 1 amide bonds. The zero-order valence-electron chi connectivity index (χ0n) is 13.5. The second-order valence-corrected chi connectivity index (χ2v) is 6.28. The van der Waals surface area contributed by atoms with Gasteiger partial charge in [0.1, 0.15) is 0 Å². The summed E-state index contributed by atoms with van der Waals surface area (Å²) in [5.74, 6) is -0.769. The van der Waals surface area contributed by atoms with Crippen molar-refractivity contribution in [2.75, 3.05) is 5.32 Å². The van der Waals surface area contributed by atoms with Gasteiger partial charge in [-0.05, 0) is 44.5 Å². The van der Waals surface area contributed by atoms with Gasteiger partial charge in [0.15, 0.2) is 5.60 Å². The smallest absolute Gasteiger partial charge is 0.339 e. The van der Waals surface area contributed by atoms with E-state index in [0.29, 0.717) is 17.7 Å². The Hall–Kier alpha value is -2.62. The number of benzene rings is 2. The maximum Gasteiger partial charge on any atom is 0.339 e. The molecule has 0 bridgehead atoms. The summed E-state index contributed by atoms with van der Waals surface area (Å²) in [6, 6.07) is 13.1. The van der Waals surface area contributed by atoms with Crippen molar-refractivity contribution in [3.63, 3.8) is 0 Å². The summed E-state index contributed by atoms with van der Waals surface area (Å²) in [5, 5.41) is 2.83. The van der Waals surface area contributed by atoms with Crippen molar-refractivity contribution in [3.05, 3.63) is 64.7 Å². The standard InChI is InChI=1S/C19H19NO3/c1-12-4-7-15(8-5-12)20-18(22)19(3)11-14-10-13(2)6-9-16(14)17(21)23-19/h4-10H,11H2,1-3H3,(H,20,22). The summed E-state index contributed by atoms with van der Waals surface area (Å²) in [6.07, 6.45) is 0.369. The van der Waals surface area contributed by atoms with Crippen LogP contribution in [0.5, 0.6) is 0 Å². The number of cyclic esters (lactones) is 1. The molecule has 0 radical (unpaired) electrons. The Balaban J connectivity index is 1.85. The van der Waals surface area contributed by atoms with Crippen LogP contribution in [0, 0.1) is 13.8 Å². The van der Waals surface area contributed by atoms with E-state index in [1.165, 1.54) is 0 Å². The predicted molar refractivity (Wildman–Crippen MR) is 88.5 cm³/mol. The number of anilines is 1. The Bertz CT molecular complexity index is 780. The fourth-order valence-corrected chi connectivity index (χ4v) is 2.75. The molecule has 1 atom stereocenters. The molecule has 0 spiro atoms. The molecule has 0 saturated carbocycles. The summed E-state index contributed by atoms with van der Waals surface area (Å²) in [6.45, 7) is 5.60. The van der Waals surface area contributed by atoms with Crippen molar-refractivity contribution in [3.8, 4) is 0 Å². The van der Waals surface area contributed by atoms with Gasteiger partial charge in [0, 0.05) is 12.1 Å². The van der Waals surface area contributed by atoms with Crippen LogP contribution in [0.15, 0.2) is 42.5 Å². The lowest BCUT2D eigenvalue weighted by Gasteiger charge is -2.33. The molecule has 1 heterocycles. The first-order valence-electron chi connectivity index (χ1n) is 7.58. The minimum atomic E-state index is -1.21. The third-order valence-electron chi connectivity index (χ3n) is 4.12. The van der Waals surface area contributed by atoms with E-state index in [2.05, 4.69) is 5.32 Å². The van der Waals surface area contributed by atoms with Crippen molar-refractivity contribution in [1.82, 2.24) is 0 Å². The van der Waals surface area contributed by atoms with Gasteiger partial charge in [-0.2, -0.15) is 0 Å². The Morgan fingerprint density at radius 2 is 1.74 bits per heavy atom. The number of esters is 1. The number of hydrogen-bond acceptors (Lipinski definition) is 3. The van der Waals surface area contributed by atoms with Crippen molar-refractivity contribution in [2.45, 2.75) is 32.8 Å². The van der Waals surface area contributed by atoms with Crippen molar-refractivity contribution >= 4 is 17.6 Å². The zero-order valence-corrected chi connectivity index (χ0v) is 13.5. The average Bonchev–Trinajstić information content (AvgIpc) is 2.48. The summed E-state index contributed by atoms with van der Waals surface area (Å²) in [5.41, 5.74) is 3.04. The van der Waals surface area contributed by atoms with Gasteiger partial charge in [-0.3, -0.25) is 4.79 Å². The van der Waals surface area contributed by atoms with Crippen LogP contribution in [-0.4, -0.2) is 17.5 Å². The summed E-state index contributed by atoms with van der Waals surface area (Å²) < 4.78 is 5.45. The van der Waals surface area contributed by atoms with Crippen molar-refractivity contribution in [2.24, 2.45) is 0 Å². The number of amides is 1. The number of nitrogens with one attached hydrogen (secondary N) is 1. The quantitative estimate of drug-likeness (QED) is 0.865. The van der Waals surface area contributed by atoms with Crippen molar-refractivity contribution in [1.29, 1.82) is 0 Å². The van der Waals surface area contributed by atoms with E-state index in [9.17, 15) is 9.59 Å². The highest BCUT2D eigenvalue weighted by molar-refractivity contribution is 6.02. The lowest BCUT2D eigenvalue weighted by Crippen LogP contribution is -2.48. The second kappa shape index (κ2) is 5.54. The molecule has 2 aromatic rings. The lowest BCUT2D eigenvalue weighted by atomic mass is 9.88. The highest BCUT2D eigenvalue weighted by Gasteiger charge is 2.42. The molecular formula is C19H19NO3. The molecule has 23 heavy (non-hydrogen) atoms. The minimum Gasteiger partial charge on any atom is -0.445 e.